The first-order valence-electron chi connectivity index (χ1n) is 6.54. The number of rotatable bonds is 9. The SMILES string of the molecule is CC(C)NCCCOCC(=O)NC(C)C(C)C. The first-order valence-corrected chi connectivity index (χ1v) is 6.54. The molecular formula is C13H28N2O2. The van der Waals surface area contributed by atoms with Crippen LogP contribution in [0.5, 0.6) is 0 Å². The lowest BCUT2D eigenvalue weighted by Crippen LogP contribution is -2.38. The van der Waals surface area contributed by atoms with Gasteiger partial charge in [0.05, 0.1) is 0 Å². The highest BCUT2D eigenvalue weighted by Gasteiger charge is 2.10. The highest BCUT2D eigenvalue weighted by molar-refractivity contribution is 5.77. The largest absolute Gasteiger partial charge is 0.372 e. The van der Waals surface area contributed by atoms with Gasteiger partial charge < -0.3 is 15.4 Å². The van der Waals surface area contributed by atoms with E-state index in [0.717, 1.165) is 13.0 Å². The second-order valence-corrected chi connectivity index (χ2v) is 5.12. The third-order valence-corrected chi connectivity index (χ3v) is 2.64. The van der Waals surface area contributed by atoms with Crippen LogP contribution in [0.3, 0.4) is 0 Å². The summed E-state index contributed by atoms with van der Waals surface area (Å²) in [6.07, 6.45) is 0.936. The van der Waals surface area contributed by atoms with Crippen molar-refractivity contribution in [3.63, 3.8) is 0 Å². The number of ether oxygens (including phenoxy) is 1. The average Bonchev–Trinajstić information content (AvgIpc) is 2.22. The number of nitrogens with one attached hydrogen (secondary N) is 2. The van der Waals surface area contributed by atoms with E-state index in [2.05, 4.69) is 38.3 Å². The quantitative estimate of drug-likeness (QED) is 0.605. The van der Waals surface area contributed by atoms with Gasteiger partial charge in [-0.1, -0.05) is 27.7 Å². The van der Waals surface area contributed by atoms with Gasteiger partial charge in [0.2, 0.25) is 5.91 Å². The Bertz CT molecular complexity index is 206. The molecule has 0 aromatic heterocycles. The first kappa shape index (κ1) is 16.4. The fourth-order valence-corrected chi connectivity index (χ4v) is 1.19. The van der Waals surface area contributed by atoms with Crippen molar-refractivity contribution in [1.29, 1.82) is 0 Å². The van der Waals surface area contributed by atoms with Crippen molar-refractivity contribution in [3.05, 3.63) is 0 Å². The van der Waals surface area contributed by atoms with Gasteiger partial charge in [-0.3, -0.25) is 4.79 Å². The van der Waals surface area contributed by atoms with E-state index in [1.165, 1.54) is 0 Å². The molecule has 102 valence electrons. The number of carbonyl (C=O) groups is 1. The van der Waals surface area contributed by atoms with Gasteiger partial charge in [0, 0.05) is 18.7 Å². The Morgan fingerprint density at radius 1 is 1.18 bits per heavy atom. The fourth-order valence-electron chi connectivity index (χ4n) is 1.19. The number of hydrogen-bond acceptors (Lipinski definition) is 3. The van der Waals surface area contributed by atoms with E-state index in [0.29, 0.717) is 18.6 Å². The van der Waals surface area contributed by atoms with Crippen LogP contribution in [0.25, 0.3) is 0 Å². The van der Waals surface area contributed by atoms with Gasteiger partial charge in [-0.05, 0) is 25.8 Å². The predicted molar refractivity (Wildman–Crippen MR) is 71.0 cm³/mol. The summed E-state index contributed by atoms with van der Waals surface area (Å²) in [5.74, 6) is 0.428. The lowest BCUT2D eigenvalue weighted by Gasteiger charge is -2.17. The molecule has 0 fully saturated rings. The van der Waals surface area contributed by atoms with Crippen molar-refractivity contribution in [1.82, 2.24) is 10.6 Å². The van der Waals surface area contributed by atoms with Gasteiger partial charge in [-0.2, -0.15) is 0 Å². The molecule has 0 saturated carbocycles. The highest BCUT2D eigenvalue weighted by atomic mass is 16.5. The number of carbonyl (C=O) groups excluding carboxylic acids is 1. The molecule has 0 aliphatic heterocycles. The van der Waals surface area contributed by atoms with Crippen molar-refractivity contribution in [2.75, 3.05) is 19.8 Å². The zero-order valence-corrected chi connectivity index (χ0v) is 11.9. The van der Waals surface area contributed by atoms with Crippen LogP contribution >= 0.6 is 0 Å². The van der Waals surface area contributed by atoms with Gasteiger partial charge >= 0.3 is 0 Å². The van der Waals surface area contributed by atoms with Crippen molar-refractivity contribution in [2.24, 2.45) is 5.92 Å². The molecule has 1 atom stereocenters. The summed E-state index contributed by atoms with van der Waals surface area (Å²) < 4.78 is 5.31. The number of amides is 1. The Labute approximate surface area is 105 Å². The maximum Gasteiger partial charge on any atom is 0.246 e. The van der Waals surface area contributed by atoms with Gasteiger partial charge in [0.1, 0.15) is 6.61 Å². The molecule has 0 bridgehead atoms. The Kier molecular flexibility index (Phi) is 9.09. The summed E-state index contributed by atoms with van der Waals surface area (Å²) in [5.41, 5.74) is 0. The van der Waals surface area contributed by atoms with E-state index in [9.17, 15) is 4.79 Å². The maximum absolute atomic E-state index is 11.4. The van der Waals surface area contributed by atoms with Crippen LogP contribution in [0.1, 0.15) is 41.0 Å². The van der Waals surface area contributed by atoms with E-state index < -0.39 is 0 Å². The monoisotopic (exact) mass is 244 g/mol. The van der Waals surface area contributed by atoms with E-state index in [1.807, 2.05) is 6.92 Å². The lowest BCUT2D eigenvalue weighted by molar-refractivity contribution is -0.126. The molecule has 0 saturated heterocycles. The molecule has 17 heavy (non-hydrogen) atoms. The minimum Gasteiger partial charge on any atom is -0.372 e. The van der Waals surface area contributed by atoms with Crippen LogP contribution in [0, 0.1) is 5.92 Å². The molecule has 0 aliphatic rings. The van der Waals surface area contributed by atoms with Crippen molar-refractivity contribution < 1.29 is 9.53 Å². The second kappa shape index (κ2) is 9.42. The summed E-state index contributed by atoms with van der Waals surface area (Å²) in [6.45, 7) is 12.1. The van der Waals surface area contributed by atoms with Crippen molar-refractivity contribution >= 4 is 5.91 Å². The molecule has 0 aromatic carbocycles. The molecular weight excluding hydrogens is 216 g/mol. The van der Waals surface area contributed by atoms with Gasteiger partial charge in [0.15, 0.2) is 0 Å². The van der Waals surface area contributed by atoms with E-state index >= 15 is 0 Å². The minimum absolute atomic E-state index is 0.0250. The molecule has 0 radical (unpaired) electrons. The van der Waals surface area contributed by atoms with Gasteiger partial charge in [-0.25, -0.2) is 0 Å². The molecule has 4 heteroatoms. The van der Waals surface area contributed by atoms with Crippen LogP contribution in [0.4, 0.5) is 0 Å². The minimum atomic E-state index is -0.0250. The van der Waals surface area contributed by atoms with E-state index in [-0.39, 0.29) is 18.6 Å². The second-order valence-electron chi connectivity index (χ2n) is 5.12. The summed E-state index contributed by atoms with van der Waals surface area (Å²) in [7, 11) is 0. The van der Waals surface area contributed by atoms with E-state index in [4.69, 9.17) is 4.74 Å². The molecule has 0 rings (SSSR count). The standard InChI is InChI=1S/C13H28N2O2/c1-10(2)12(5)15-13(16)9-17-8-6-7-14-11(3)4/h10-12,14H,6-9H2,1-5H3,(H,15,16). The molecule has 4 nitrogen and oxygen atoms in total. The zero-order chi connectivity index (χ0) is 13.3. The Balaban J connectivity index is 3.39. The van der Waals surface area contributed by atoms with Crippen LogP contribution < -0.4 is 10.6 Å². The molecule has 1 amide bonds. The maximum atomic E-state index is 11.4. The van der Waals surface area contributed by atoms with Crippen LogP contribution in [-0.2, 0) is 9.53 Å². The van der Waals surface area contributed by atoms with Crippen LogP contribution in [0.2, 0.25) is 0 Å². The highest BCUT2D eigenvalue weighted by Crippen LogP contribution is 1.99. The van der Waals surface area contributed by atoms with Crippen molar-refractivity contribution in [3.8, 4) is 0 Å². The van der Waals surface area contributed by atoms with Crippen molar-refractivity contribution in [2.45, 2.75) is 53.1 Å². The van der Waals surface area contributed by atoms with Gasteiger partial charge in [0.25, 0.3) is 0 Å². The summed E-state index contributed by atoms with van der Waals surface area (Å²) >= 11 is 0. The molecule has 1 unspecified atom stereocenters. The molecule has 2 N–H and O–H groups in total. The summed E-state index contributed by atoms with van der Waals surface area (Å²) in [4.78, 5) is 11.4. The zero-order valence-electron chi connectivity index (χ0n) is 11.9. The van der Waals surface area contributed by atoms with E-state index in [1.54, 1.807) is 0 Å². The fraction of sp³-hybridized carbons (Fsp3) is 0.923. The van der Waals surface area contributed by atoms with Crippen LogP contribution in [0.15, 0.2) is 0 Å². The number of hydrogen-bond donors (Lipinski definition) is 2. The summed E-state index contributed by atoms with van der Waals surface area (Å²) in [5, 5.41) is 6.21. The topological polar surface area (TPSA) is 50.4 Å². The van der Waals surface area contributed by atoms with Gasteiger partial charge in [-0.15, -0.1) is 0 Å². The Hall–Kier alpha value is -0.610. The predicted octanol–water partition coefficient (Wildman–Crippen LogP) is 1.55. The average molecular weight is 244 g/mol. The Morgan fingerprint density at radius 2 is 1.82 bits per heavy atom. The molecule has 0 heterocycles. The molecule has 0 aromatic rings. The molecule has 0 spiro atoms. The summed E-state index contributed by atoms with van der Waals surface area (Å²) in [6, 6.07) is 0.707. The smallest absolute Gasteiger partial charge is 0.246 e. The third-order valence-electron chi connectivity index (χ3n) is 2.64. The normalized spacial score (nSPS) is 13.1. The third kappa shape index (κ3) is 10.3. The first-order chi connectivity index (χ1) is 7.93. The van der Waals surface area contributed by atoms with Crippen LogP contribution in [-0.4, -0.2) is 37.7 Å². The Morgan fingerprint density at radius 3 is 2.35 bits per heavy atom. The lowest BCUT2D eigenvalue weighted by atomic mass is 10.1. The molecule has 0 aliphatic carbocycles.